The van der Waals surface area contributed by atoms with Crippen LogP contribution in [-0.2, 0) is 0 Å². The van der Waals surface area contributed by atoms with E-state index in [2.05, 4.69) is 15.9 Å². The second-order valence-electron chi connectivity index (χ2n) is 3.22. The minimum absolute atomic E-state index is 0.207. The number of nitrogens with two attached hydrogens (primary N) is 1. The highest BCUT2D eigenvalue weighted by molar-refractivity contribution is 9.10. The van der Waals surface area contributed by atoms with E-state index >= 15 is 0 Å². The van der Waals surface area contributed by atoms with Gasteiger partial charge in [0.15, 0.2) is 0 Å². The summed E-state index contributed by atoms with van der Waals surface area (Å²) in [6, 6.07) is 4.65. The lowest BCUT2D eigenvalue weighted by Gasteiger charge is -2.10. The predicted molar refractivity (Wildman–Crippen MR) is 66.2 cm³/mol. The van der Waals surface area contributed by atoms with E-state index in [0.29, 0.717) is 15.8 Å². The van der Waals surface area contributed by atoms with Crippen LogP contribution in [0, 0.1) is 0 Å². The fraction of sp³-hybridized carbons (Fsp3) is 0.300. The molecule has 2 N–H and O–H groups in total. The van der Waals surface area contributed by atoms with Gasteiger partial charge in [-0.15, -0.1) is 0 Å². The van der Waals surface area contributed by atoms with E-state index < -0.39 is 19.2 Å². The molecule has 0 fully saturated rings. The van der Waals surface area contributed by atoms with Crippen molar-refractivity contribution in [3.63, 3.8) is 0 Å². The van der Waals surface area contributed by atoms with E-state index in [4.69, 9.17) is 22.7 Å². The molecule has 2 nitrogen and oxygen atoms in total. The Balaban J connectivity index is 2.62. The fourth-order valence-corrected chi connectivity index (χ4v) is 1.95. The molecular weight excluding hydrogens is 319 g/mol. The largest absolute Gasteiger partial charge is 0.493 e. The van der Waals surface area contributed by atoms with Crippen molar-refractivity contribution < 1.29 is 17.9 Å². The Morgan fingerprint density at radius 3 is 2.53 bits per heavy atom. The summed E-state index contributed by atoms with van der Waals surface area (Å²) in [5.41, 5.74) is 6.05. The zero-order valence-corrected chi connectivity index (χ0v) is 11.0. The van der Waals surface area contributed by atoms with Crippen LogP contribution in [-0.4, -0.2) is 17.8 Å². The highest BCUT2D eigenvalue weighted by Crippen LogP contribution is 2.24. The molecule has 94 valence electrons. The van der Waals surface area contributed by atoms with Crippen LogP contribution < -0.4 is 10.5 Å². The van der Waals surface area contributed by atoms with Crippen molar-refractivity contribution in [2.75, 3.05) is 6.61 Å². The number of ether oxygens (including phenoxy) is 1. The van der Waals surface area contributed by atoms with Crippen molar-refractivity contribution in [1.82, 2.24) is 0 Å². The Hall–Kier alpha value is -0.820. The maximum atomic E-state index is 11.9. The van der Waals surface area contributed by atoms with Crippen LogP contribution >= 0.6 is 28.1 Å². The normalized spacial score (nSPS) is 11.3. The Kier molecular flexibility index (Phi) is 4.76. The first kappa shape index (κ1) is 14.2. The van der Waals surface area contributed by atoms with Crippen molar-refractivity contribution in [3.8, 4) is 5.75 Å². The number of hydrogen-bond acceptors (Lipinski definition) is 2. The van der Waals surface area contributed by atoms with Crippen molar-refractivity contribution in [2.45, 2.75) is 12.6 Å². The predicted octanol–water partition coefficient (Wildman–Crippen LogP) is 3.41. The summed E-state index contributed by atoms with van der Waals surface area (Å²) >= 11 is 8.00. The van der Waals surface area contributed by atoms with Crippen LogP contribution in [0.3, 0.4) is 0 Å². The van der Waals surface area contributed by atoms with E-state index in [1.165, 1.54) is 12.1 Å². The highest BCUT2D eigenvalue weighted by atomic mass is 79.9. The molecule has 1 aromatic rings. The van der Waals surface area contributed by atoms with Crippen molar-refractivity contribution in [1.29, 1.82) is 0 Å². The monoisotopic (exact) mass is 327 g/mol. The van der Waals surface area contributed by atoms with E-state index in [1.54, 1.807) is 6.07 Å². The van der Waals surface area contributed by atoms with Gasteiger partial charge in [-0.05, 0) is 34.1 Å². The maximum absolute atomic E-state index is 11.9. The van der Waals surface area contributed by atoms with Gasteiger partial charge in [-0.3, -0.25) is 0 Å². The van der Waals surface area contributed by atoms with Crippen LogP contribution in [0.4, 0.5) is 13.2 Å². The van der Waals surface area contributed by atoms with Gasteiger partial charge in [-0.25, -0.2) is 0 Å². The minimum Gasteiger partial charge on any atom is -0.493 e. The van der Waals surface area contributed by atoms with Gasteiger partial charge in [0.2, 0.25) is 0 Å². The summed E-state index contributed by atoms with van der Waals surface area (Å²) < 4.78 is 41.2. The molecule has 0 aliphatic heterocycles. The molecule has 0 radical (unpaired) electrons. The van der Waals surface area contributed by atoms with Crippen LogP contribution in [0.5, 0.6) is 5.75 Å². The topological polar surface area (TPSA) is 35.2 Å². The molecule has 0 heterocycles. The molecule has 1 rings (SSSR count). The van der Waals surface area contributed by atoms with Crippen LogP contribution in [0.1, 0.15) is 12.0 Å². The fourth-order valence-electron chi connectivity index (χ4n) is 1.07. The van der Waals surface area contributed by atoms with Crippen LogP contribution in [0.15, 0.2) is 22.7 Å². The van der Waals surface area contributed by atoms with Crippen molar-refractivity contribution in [3.05, 3.63) is 28.2 Å². The Labute approximate surface area is 110 Å². The van der Waals surface area contributed by atoms with Gasteiger partial charge in [-0.2, -0.15) is 13.2 Å². The number of hydrogen-bond donors (Lipinski definition) is 1. The number of rotatable bonds is 4. The lowest BCUT2D eigenvalue weighted by Crippen LogP contribution is -2.13. The first-order chi connectivity index (χ1) is 7.79. The smallest absolute Gasteiger partial charge is 0.392 e. The maximum Gasteiger partial charge on any atom is 0.392 e. The van der Waals surface area contributed by atoms with Gasteiger partial charge in [0.05, 0.1) is 13.0 Å². The molecule has 0 saturated carbocycles. The first-order valence-corrected chi connectivity index (χ1v) is 5.78. The molecule has 0 aliphatic carbocycles. The molecule has 0 amide bonds. The number of thiocarbonyl (C=S) groups is 1. The lowest BCUT2D eigenvalue weighted by molar-refractivity contribution is -0.139. The molecule has 0 aliphatic rings. The van der Waals surface area contributed by atoms with Crippen LogP contribution in [0.25, 0.3) is 0 Å². The molecule has 0 saturated heterocycles. The van der Waals surface area contributed by atoms with E-state index in [9.17, 15) is 13.2 Å². The standard InChI is InChI=1S/C10H9BrF3NOS/c11-8-5-6(1-2-7(8)9(15)17)16-4-3-10(12,13)14/h1-2,5H,3-4H2,(H2,15,17). The molecule has 0 atom stereocenters. The van der Waals surface area contributed by atoms with Gasteiger partial charge in [0, 0.05) is 10.0 Å². The molecule has 0 unspecified atom stereocenters. The third kappa shape index (κ3) is 4.91. The summed E-state index contributed by atoms with van der Waals surface area (Å²) in [5.74, 6) is 0.334. The molecule has 1 aromatic carbocycles. The van der Waals surface area contributed by atoms with E-state index in [-0.39, 0.29) is 4.99 Å². The molecule has 17 heavy (non-hydrogen) atoms. The Morgan fingerprint density at radius 1 is 1.41 bits per heavy atom. The molecule has 7 heteroatoms. The summed E-state index contributed by atoms with van der Waals surface area (Å²) in [6.07, 6.45) is -5.20. The molecular formula is C10H9BrF3NOS. The van der Waals surface area contributed by atoms with Crippen molar-refractivity contribution >= 4 is 33.1 Å². The Bertz CT molecular complexity index is 423. The zero-order valence-electron chi connectivity index (χ0n) is 8.55. The van der Waals surface area contributed by atoms with Crippen LogP contribution in [0.2, 0.25) is 0 Å². The summed E-state index contributed by atoms with van der Waals surface area (Å²) in [5, 5.41) is 0. The van der Waals surface area contributed by atoms with E-state index in [0.717, 1.165) is 0 Å². The van der Waals surface area contributed by atoms with Gasteiger partial charge < -0.3 is 10.5 Å². The second kappa shape index (κ2) is 5.68. The SMILES string of the molecule is NC(=S)c1ccc(OCCC(F)(F)F)cc1Br. The summed E-state index contributed by atoms with van der Waals surface area (Å²) in [7, 11) is 0. The van der Waals surface area contributed by atoms with E-state index in [1.807, 2.05) is 0 Å². The lowest BCUT2D eigenvalue weighted by atomic mass is 10.2. The highest BCUT2D eigenvalue weighted by Gasteiger charge is 2.26. The average Bonchev–Trinajstić information content (AvgIpc) is 2.15. The summed E-state index contributed by atoms with van der Waals surface area (Å²) in [6.45, 7) is -0.414. The van der Waals surface area contributed by atoms with Gasteiger partial charge in [-0.1, -0.05) is 12.2 Å². The zero-order chi connectivity index (χ0) is 13.1. The third-order valence-corrected chi connectivity index (χ3v) is 2.74. The minimum atomic E-state index is -4.21. The van der Waals surface area contributed by atoms with Gasteiger partial charge in [0.1, 0.15) is 10.7 Å². The number of halogens is 4. The number of benzene rings is 1. The quantitative estimate of drug-likeness (QED) is 0.861. The number of alkyl halides is 3. The average molecular weight is 328 g/mol. The van der Waals surface area contributed by atoms with Gasteiger partial charge >= 0.3 is 6.18 Å². The van der Waals surface area contributed by atoms with Gasteiger partial charge in [0.25, 0.3) is 0 Å². The second-order valence-corrected chi connectivity index (χ2v) is 4.51. The molecule has 0 aromatic heterocycles. The first-order valence-electron chi connectivity index (χ1n) is 4.58. The molecule has 0 bridgehead atoms. The summed E-state index contributed by atoms with van der Waals surface area (Å²) in [4.78, 5) is 0.207. The molecule has 0 spiro atoms. The third-order valence-electron chi connectivity index (χ3n) is 1.86. The Morgan fingerprint density at radius 2 is 2.06 bits per heavy atom. The van der Waals surface area contributed by atoms with Crippen molar-refractivity contribution in [2.24, 2.45) is 5.73 Å².